The van der Waals surface area contributed by atoms with Crippen molar-refractivity contribution in [2.75, 3.05) is 0 Å². The first-order chi connectivity index (χ1) is 6.20. The van der Waals surface area contributed by atoms with Gasteiger partial charge in [-0.15, -0.1) is 11.3 Å². The number of primary amides is 1. The smallest absolute Gasteiger partial charge is 0.250 e. The number of aryl methyl sites for hydroxylation is 1. The lowest BCUT2D eigenvalue weighted by Gasteiger charge is -2.10. The number of amides is 1. The lowest BCUT2D eigenvalue weighted by atomic mass is 9.96. The van der Waals surface area contributed by atoms with Crippen molar-refractivity contribution >= 4 is 39.8 Å². The van der Waals surface area contributed by atoms with E-state index >= 15 is 0 Å². The summed E-state index contributed by atoms with van der Waals surface area (Å²) in [7, 11) is 0. The van der Waals surface area contributed by atoms with Crippen LogP contribution in [0.15, 0.2) is 0 Å². The number of carbonyl (C=O) groups is 1. The van der Waals surface area contributed by atoms with Crippen molar-refractivity contribution in [3.63, 3.8) is 0 Å². The molecule has 0 unspecified atom stereocenters. The summed E-state index contributed by atoms with van der Waals surface area (Å²) < 4.78 is 1.07. The summed E-state index contributed by atoms with van der Waals surface area (Å²) in [6.45, 7) is 0. The first kappa shape index (κ1) is 9.45. The van der Waals surface area contributed by atoms with Crippen LogP contribution in [0, 0.1) is 2.88 Å². The molecule has 2 nitrogen and oxygen atoms in total. The van der Waals surface area contributed by atoms with Crippen LogP contribution >= 0.6 is 33.9 Å². The molecule has 4 heteroatoms. The summed E-state index contributed by atoms with van der Waals surface area (Å²) in [6, 6.07) is 0. The molecule has 0 spiro atoms. The van der Waals surface area contributed by atoms with Gasteiger partial charge in [0.05, 0.1) is 8.45 Å². The number of carbonyl (C=O) groups excluding carboxylic acids is 1. The zero-order chi connectivity index (χ0) is 9.42. The van der Waals surface area contributed by atoms with Crippen molar-refractivity contribution in [3.8, 4) is 0 Å². The fourth-order valence-corrected chi connectivity index (χ4v) is 4.28. The molecule has 2 N–H and O–H groups in total. The maximum atomic E-state index is 11.2. The van der Waals surface area contributed by atoms with Crippen LogP contribution in [0.25, 0.3) is 0 Å². The molecule has 1 aliphatic rings. The summed E-state index contributed by atoms with van der Waals surface area (Å²) in [6.07, 6.45) is 4.61. The Morgan fingerprint density at radius 2 is 2.08 bits per heavy atom. The molecular weight excluding hydrogens is 297 g/mol. The third kappa shape index (κ3) is 1.61. The van der Waals surface area contributed by atoms with Crippen molar-refractivity contribution in [2.45, 2.75) is 25.7 Å². The molecule has 1 aromatic heterocycles. The Morgan fingerprint density at radius 1 is 1.38 bits per heavy atom. The van der Waals surface area contributed by atoms with Crippen LogP contribution in [0.2, 0.25) is 0 Å². The fourth-order valence-electron chi connectivity index (χ4n) is 1.78. The predicted octanol–water partition coefficient (Wildman–Crippen LogP) is 2.33. The quantitative estimate of drug-likeness (QED) is 0.795. The summed E-state index contributed by atoms with van der Waals surface area (Å²) in [5.41, 5.74) is 7.37. The Balaban J connectivity index is 2.54. The van der Waals surface area contributed by atoms with E-state index in [1.807, 2.05) is 0 Å². The van der Waals surface area contributed by atoms with Crippen LogP contribution in [0.3, 0.4) is 0 Å². The highest BCUT2D eigenvalue weighted by atomic mass is 127. The van der Waals surface area contributed by atoms with Gasteiger partial charge in [0.25, 0.3) is 5.91 Å². The molecule has 0 fully saturated rings. The van der Waals surface area contributed by atoms with E-state index in [0.29, 0.717) is 0 Å². The topological polar surface area (TPSA) is 43.1 Å². The van der Waals surface area contributed by atoms with Crippen LogP contribution in [0.5, 0.6) is 0 Å². The van der Waals surface area contributed by atoms with Crippen molar-refractivity contribution < 1.29 is 4.79 Å². The highest BCUT2D eigenvalue weighted by molar-refractivity contribution is 14.1. The molecule has 1 aromatic rings. The van der Waals surface area contributed by atoms with Gasteiger partial charge < -0.3 is 5.73 Å². The Kier molecular flexibility index (Phi) is 2.60. The average molecular weight is 307 g/mol. The summed E-state index contributed by atoms with van der Waals surface area (Å²) in [5, 5.41) is 0. The molecule has 2 rings (SSSR count). The van der Waals surface area contributed by atoms with Gasteiger partial charge >= 0.3 is 0 Å². The van der Waals surface area contributed by atoms with Gasteiger partial charge in [0, 0.05) is 4.88 Å². The van der Waals surface area contributed by atoms with E-state index in [0.717, 1.165) is 21.3 Å². The molecular formula is C9H10INOS. The van der Waals surface area contributed by atoms with Crippen LogP contribution in [0.4, 0.5) is 0 Å². The van der Waals surface area contributed by atoms with Crippen molar-refractivity contribution in [1.29, 1.82) is 0 Å². The van der Waals surface area contributed by atoms with Gasteiger partial charge in [-0.3, -0.25) is 4.79 Å². The standard InChI is InChI=1S/C9H10INOS/c10-8-7(9(11)12)5-3-1-2-4-6(5)13-8/h1-4H2,(H2,11,12). The fraction of sp³-hybridized carbons (Fsp3) is 0.444. The second-order valence-electron chi connectivity index (χ2n) is 3.22. The molecule has 1 amide bonds. The minimum atomic E-state index is -0.260. The molecule has 0 atom stereocenters. The number of rotatable bonds is 1. The molecule has 0 radical (unpaired) electrons. The van der Waals surface area contributed by atoms with Crippen LogP contribution < -0.4 is 5.73 Å². The zero-order valence-corrected chi connectivity index (χ0v) is 10.1. The highest BCUT2D eigenvalue weighted by Gasteiger charge is 2.22. The molecule has 13 heavy (non-hydrogen) atoms. The monoisotopic (exact) mass is 307 g/mol. The van der Waals surface area contributed by atoms with E-state index in [1.54, 1.807) is 11.3 Å². The number of nitrogens with two attached hydrogens (primary N) is 1. The lowest BCUT2D eigenvalue weighted by Crippen LogP contribution is -2.15. The van der Waals surface area contributed by atoms with Crippen molar-refractivity contribution in [3.05, 3.63) is 18.9 Å². The number of hydrogen-bond donors (Lipinski definition) is 1. The third-order valence-corrected chi connectivity index (χ3v) is 4.65. The second kappa shape index (κ2) is 3.57. The molecule has 0 saturated heterocycles. The molecule has 0 aromatic carbocycles. The molecule has 0 saturated carbocycles. The highest BCUT2D eigenvalue weighted by Crippen LogP contribution is 2.34. The van der Waals surface area contributed by atoms with E-state index in [4.69, 9.17) is 5.73 Å². The first-order valence-electron chi connectivity index (χ1n) is 4.30. The molecule has 1 aliphatic carbocycles. The van der Waals surface area contributed by atoms with Gasteiger partial charge in [-0.2, -0.15) is 0 Å². The Bertz CT molecular complexity index is 359. The maximum absolute atomic E-state index is 11.2. The predicted molar refractivity (Wildman–Crippen MR) is 62.2 cm³/mol. The van der Waals surface area contributed by atoms with Crippen LogP contribution in [-0.4, -0.2) is 5.91 Å². The molecule has 70 valence electrons. The van der Waals surface area contributed by atoms with Gasteiger partial charge in [0.15, 0.2) is 0 Å². The van der Waals surface area contributed by atoms with E-state index < -0.39 is 0 Å². The zero-order valence-electron chi connectivity index (χ0n) is 7.10. The van der Waals surface area contributed by atoms with E-state index in [9.17, 15) is 4.79 Å². The minimum absolute atomic E-state index is 0.260. The van der Waals surface area contributed by atoms with Crippen molar-refractivity contribution in [2.24, 2.45) is 5.73 Å². The Hall–Kier alpha value is -0.100. The Labute approximate surface area is 94.7 Å². The maximum Gasteiger partial charge on any atom is 0.250 e. The Morgan fingerprint density at radius 3 is 2.77 bits per heavy atom. The second-order valence-corrected chi connectivity index (χ2v) is 6.14. The third-order valence-electron chi connectivity index (χ3n) is 2.37. The molecule has 0 aliphatic heterocycles. The number of fused-ring (bicyclic) bond motifs is 1. The van der Waals surface area contributed by atoms with E-state index in [2.05, 4.69) is 22.6 Å². The van der Waals surface area contributed by atoms with Crippen LogP contribution in [0.1, 0.15) is 33.6 Å². The largest absolute Gasteiger partial charge is 0.366 e. The van der Waals surface area contributed by atoms with E-state index in [-0.39, 0.29) is 5.91 Å². The normalized spacial score (nSPS) is 15.5. The number of hydrogen-bond acceptors (Lipinski definition) is 2. The summed E-state index contributed by atoms with van der Waals surface area (Å²) in [4.78, 5) is 12.6. The van der Waals surface area contributed by atoms with E-state index in [1.165, 1.54) is 23.3 Å². The van der Waals surface area contributed by atoms with Crippen LogP contribution in [-0.2, 0) is 12.8 Å². The van der Waals surface area contributed by atoms with Gasteiger partial charge in [-0.05, 0) is 53.8 Å². The number of halogens is 1. The summed E-state index contributed by atoms with van der Waals surface area (Å²) in [5.74, 6) is -0.260. The first-order valence-corrected chi connectivity index (χ1v) is 6.19. The molecule has 1 heterocycles. The molecule has 0 bridgehead atoms. The van der Waals surface area contributed by atoms with Gasteiger partial charge in [-0.25, -0.2) is 0 Å². The van der Waals surface area contributed by atoms with Crippen molar-refractivity contribution in [1.82, 2.24) is 0 Å². The van der Waals surface area contributed by atoms with Gasteiger partial charge in [0.2, 0.25) is 0 Å². The SMILES string of the molecule is NC(=O)c1c(I)sc2c1CCCC2. The van der Waals surface area contributed by atoms with Gasteiger partial charge in [0.1, 0.15) is 0 Å². The minimum Gasteiger partial charge on any atom is -0.366 e. The number of thiophene rings is 1. The average Bonchev–Trinajstić information content (AvgIpc) is 2.39. The van der Waals surface area contributed by atoms with Gasteiger partial charge in [-0.1, -0.05) is 0 Å². The lowest BCUT2D eigenvalue weighted by molar-refractivity contribution is 0.0999. The summed E-state index contributed by atoms with van der Waals surface area (Å²) >= 11 is 3.95.